The van der Waals surface area contributed by atoms with Gasteiger partial charge in [0.1, 0.15) is 5.75 Å². The van der Waals surface area contributed by atoms with Crippen LogP contribution in [0.3, 0.4) is 0 Å². The summed E-state index contributed by atoms with van der Waals surface area (Å²) in [6, 6.07) is 22.6. The number of rotatable bonds is 6. The minimum Gasteiger partial charge on any atom is -0.497 e. The van der Waals surface area contributed by atoms with Gasteiger partial charge in [-0.2, -0.15) is 0 Å². The molecule has 2 saturated heterocycles. The third-order valence-electron chi connectivity index (χ3n) is 8.64. The molecule has 0 spiro atoms. The predicted octanol–water partition coefficient (Wildman–Crippen LogP) is 7.81. The van der Waals surface area contributed by atoms with Crippen LogP contribution in [0.5, 0.6) is 5.75 Å². The van der Waals surface area contributed by atoms with Gasteiger partial charge in [-0.25, -0.2) is 0 Å². The van der Waals surface area contributed by atoms with E-state index in [2.05, 4.69) is 89.8 Å². The molecule has 6 nitrogen and oxygen atoms in total. The molecule has 2 aromatic heterocycles. The van der Waals surface area contributed by atoms with Gasteiger partial charge in [0.15, 0.2) is 5.11 Å². The van der Waals surface area contributed by atoms with E-state index >= 15 is 0 Å². The highest BCUT2D eigenvalue weighted by Crippen LogP contribution is 2.45. The van der Waals surface area contributed by atoms with E-state index in [0.29, 0.717) is 16.9 Å². The maximum absolute atomic E-state index is 7.04. The molecule has 8 heteroatoms. The van der Waals surface area contributed by atoms with Crippen molar-refractivity contribution in [2.24, 2.45) is 11.8 Å². The van der Waals surface area contributed by atoms with Gasteiger partial charge < -0.3 is 24.4 Å². The summed E-state index contributed by atoms with van der Waals surface area (Å²) >= 11 is 13.1. The van der Waals surface area contributed by atoms with E-state index in [1.807, 2.05) is 30.5 Å². The van der Waals surface area contributed by atoms with E-state index < -0.39 is 0 Å². The Morgan fingerprint density at radius 1 is 0.952 bits per heavy atom. The summed E-state index contributed by atoms with van der Waals surface area (Å²) in [5, 5.41) is 5.01. The van der Waals surface area contributed by atoms with Crippen molar-refractivity contribution in [2.45, 2.75) is 46.2 Å². The van der Waals surface area contributed by atoms with Gasteiger partial charge in [0.05, 0.1) is 35.6 Å². The van der Waals surface area contributed by atoms with E-state index in [9.17, 15) is 0 Å². The zero-order valence-corrected chi connectivity index (χ0v) is 26.4. The zero-order valence-electron chi connectivity index (χ0n) is 24.8. The molecule has 0 aliphatic carbocycles. The topological polar surface area (TPSA) is 45.6 Å². The van der Waals surface area contributed by atoms with E-state index in [-0.39, 0.29) is 12.1 Å². The van der Waals surface area contributed by atoms with Gasteiger partial charge in [-0.15, -0.1) is 0 Å². The van der Waals surface area contributed by atoms with Crippen LogP contribution >= 0.6 is 23.8 Å². The summed E-state index contributed by atoms with van der Waals surface area (Å²) in [6.07, 6.45) is 3.10. The number of aryl methyl sites for hydroxylation is 1. The van der Waals surface area contributed by atoms with Crippen LogP contribution in [-0.4, -0.2) is 34.9 Å². The SMILES string of the molecule is COc1ccc(-n2c(C)cc([C@@H]3[C@H](c4ccccn4)NC(=S)N3c3ccc(N4C[C@@H](C)C[C@H](C)C4)c(Cl)c3)c2C)cc1. The summed E-state index contributed by atoms with van der Waals surface area (Å²) in [5.41, 5.74) is 7.57. The van der Waals surface area contributed by atoms with Crippen LogP contribution in [0.2, 0.25) is 5.02 Å². The van der Waals surface area contributed by atoms with Gasteiger partial charge in [0, 0.05) is 42.0 Å². The first-order valence-electron chi connectivity index (χ1n) is 14.6. The fourth-order valence-corrected chi connectivity index (χ4v) is 7.57. The average molecular weight is 600 g/mol. The summed E-state index contributed by atoms with van der Waals surface area (Å²) in [6.45, 7) is 11.0. The number of methoxy groups -OCH3 is 1. The van der Waals surface area contributed by atoms with Crippen LogP contribution in [0.15, 0.2) is 72.9 Å². The molecule has 0 radical (unpaired) electrons. The van der Waals surface area contributed by atoms with Crippen molar-refractivity contribution >= 4 is 40.3 Å². The van der Waals surface area contributed by atoms with Crippen LogP contribution in [0, 0.1) is 25.7 Å². The first-order valence-corrected chi connectivity index (χ1v) is 15.4. The predicted molar refractivity (Wildman–Crippen MR) is 176 cm³/mol. The third-order valence-corrected chi connectivity index (χ3v) is 9.25. The highest BCUT2D eigenvalue weighted by Gasteiger charge is 2.42. The monoisotopic (exact) mass is 599 g/mol. The van der Waals surface area contributed by atoms with Crippen molar-refractivity contribution < 1.29 is 4.74 Å². The van der Waals surface area contributed by atoms with Crippen LogP contribution in [0.4, 0.5) is 11.4 Å². The number of halogens is 1. The molecule has 2 aliphatic heterocycles. The van der Waals surface area contributed by atoms with Crippen LogP contribution < -0.4 is 19.9 Å². The quantitative estimate of drug-likeness (QED) is 0.228. The molecule has 2 aromatic carbocycles. The average Bonchev–Trinajstić information content (AvgIpc) is 3.47. The minimum absolute atomic E-state index is 0.123. The fraction of sp³-hybridized carbons (Fsp3) is 0.353. The highest BCUT2D eigenvalue weighted by molar-refractivity contribution is 7.80. The molecule has 2 fully saturated rings. The number of benzene rings is 2. The molecule has 0 bridgehead atoms. The maximum Gasteiger partial charge on any atom is 0.174 e. The summed E-state index contributed by atoms with van der Waals surface area (Å²) < 4.78 is 7.69. The van der Waals surface area contributed by atoms with E-state index in [1.165, 1.54) is 12.0 Å². The Bertz CT molecular complexity index is 1580. The highest BCUT2D eigenvalue weighted by atomic mass is 35.5. The largest absolute Gasteiger partial charge is 0.497 e. The van der Waals surface area contributed by atoms with E-state index in [1.54, 1.807) is 7.11 Å². The second-order valence-corrected chi connectivity index (χ2v) is 12.6. The first kappa shape index (κ1) is 28.6. The molecule has 4 aromatic rings. The lowest BCUT2D eigenvalue weighted by molar-refractivity contribution is 0.357. The van der Waals surface area contributed by atoms with Gasteiger partial charge in [-0.1, -0.05) is 31.5 Å². The van der Waals surface area contributed by atoms with Crippen LogP contribution in [0.1, 0.15) is 55.0 Å². The Labute approximate surface area is 259 Å². The van der Waals surface area contributed by atoms with E-state index in [0.717, 1.165) is 58.0 Å². The lowest BCUT2D eigenvalue weighted by Crippen LogP contribution is -2.38. The molecule has 0 unspecified atom stereocenters. The van der Waals surface area contributed by atoms with Gasteiger partial charge in [-0.3, -0.25) is 4.98 Å². The number of aromatic nitrogens is 2. The first-order chi connectivity index (χ1) is 20.2. The zero-order chi connectivity index (χ0) is 29.5. The minimum atomic E-state index is -0.134. The molecule has 42 heavy (non-hydrogen) atoms. The molecule has 0 amide bonds. The lowest BCUT2D eigenvalue weighted by atomic mass is 9.91. The smallest absolute Gasteiger partial charge is 0.174 e. The second kappa shape index (κ2) is 11.6. The molecule has 0 saturated carbocycles. The van der Waals surface area contributed by atoms with Crippen molar-refractivity contribution in [3.8, 4) is 11.4 Å². The van der Waals surface area contributed by atoms with Gasteiger partial charge in [-0.05, 0) is 111 Å². The Morgan fingerprint density at radius 2 is 1.67 bits per heavy atom. The number of piperidine rings is 1. The Hall–Kier alpha value is -3.55. The van der Waals surface area contributed by atoms with Crippen LogP contribution in [-0.2, 0) is 0 Å². The number of nitrogens with one attached hydrogen (secondary N) is 1. The lowest BCUT2D eigenvalue weighted by Gasteiger charge is -2.37. The number of pyridine rings is 1. The van der Waals surface area contributed by atoms with Gasteiger partial charge >= 0.3 is 0 Å². The fourth-order valence-electron chi connectivity index (χ4n) is 6.93. The van der Waals surface area contributed by atoms with Crippen LogP contribution in [0.25, 0.3) is 5.69 Å². The second-order valence-electron chi connectivity index (χ2n) is 11.8. The summed E-state index contributed by atoms with van der Waals surface area (Å²) in [7, 11) is 1.69. The van der Waals surface area contributed by atoms with Crippen molar-refractivity contribution in [1.29, 1.82) is 0 Å². The molecular weight excluding hydrogens is 562 g/mol. The Morgan fingerprint density at radius 3 is 2.31 bits per heavy atom. The Balaban J connectivity index is 1.43. The van der Waals surface area contributed by atoms with E-state index in [4.69, 9.17) is 33.5 Å². The standard InChI is InChI=1S/C34H38ClN5OS/c1-21-16-22(2)20-38(19-21)31-14-11-26(18-29(31)35)40-33(32(37-34(40)42)30-8-6-7-15-36-30)28-17-23(3)39(24(28)4)25-9-12-27(41-5)13-10-25/h6-15,17-18,21-22,32-33H,16,19-20H2,1-5H3,(H,37,42)/t21-,22-,32-,33+/m0/s1. The number of anilines is 2. The number of nitrogens with zero attached hydrogens (tertiary/aromatic N) is 4. The molecule has 6 rings (SSSR count). The van der Waals surface area contributed by atoms with Gasteiger partial charge in [0.25, 0.3) is 0 Å². The van der Waals surface area contributed by atoms with Crippen molar-refractivity contribution in [3.05, 3.63) is 101 Å². The number of thiocarbonyl (C=S) groups is 1. The van der Waals surface area contributed by atoms with Gasteiger partial charge in [0.2, 0.25) is 0 Å². The number of hydrogen-bond donors (Lipinski definition) is 1. The molecule has 1 N–H and O–H groups in total. The third kappa shape index (κ3) is 5.25. The normalized spacial score (nSPS) is 22.4. The molecular formula is C34H38ClN5OS. The molecule has 2 aliphatic rings. The Kier molecular flexibility index (Phi) is 7.90. The number of hydrogen-bond acceptors (Lipinski definition) is 4. The number of ether oxygens (including phenoxy) is 1. The maximum atomic E-state index is 7.04. The molecule has 218 valence electrons. The summed E-state index contributed by atoms with van der Waals surface area (Å²) in [5.74, 6) is 2.12. The molecule has 4 heterocycles. The van der Waals surface area contributed by atoms with Crippen molar-refractivity contribution in [1.82, 2.24) is 14.9 Å². The van der Waals surface area contributed by atoms with Crippen molar-refractivity contribution in [2.75, 3.05) is 30.0 Å². The summed E-state index contributed by atoms with van der Waals surface area (Å²) in [4.78, 5) is 9.39. The van der Waals surface area contributed by atoms with Crippen molar-refractivity contribution in [3.63, 3.8) is 0 Å². The molecule has 4 atom stereocenters.